The normalized spacial score (nSPS) is 12.7. The van der Waals surface area contributed by atoms with Crippen molar-refractivity contribution in [1.82, 2.24) is 0 Å². The molecule has 0 N–H and O–H groups in total. The number of alkyl halides is 1. The van der Waals surface area contributed by atoms with E-state index < -0.39 is 5.67 Å². The molecule has 0 bridgehead atoms. The van der Waals surface area contributed by atoms with Gasteiger partial charge in [0.25, 0.3) is 0 Å². The molecule has 0 aliphatic rings. The molecule has 1 heteroatoms. The summed E-state index contributed by atoms with van der Waals surface area (Å²) in [6.07, 6.45) is 1.28. The maximum absolute atomic E-state index is 13.4. The fourth-order valence-corrected chi connectivity index (χ4v) is 1.07. The van der Waals surface area contributed by atoms with Crippen LogP contribution in [0.4, 0.5) is 4.39 Å². The quantitative estimate of drug-likeness (QED) is 0.553. The summed E-state index contributed by atoms with van der Waals surface area (Å²) in [5.41, 5.74) is -0.917. The summed E-state index contributed by atoms with van der Waals surface area (Å²) < 4.78 is 13.4. The Morgan fingerprint density at radius 3 is 1.56 bits per heavy atom. The molecule has 0 saturated carbocycles. The summed E-state index contributed by atoms with van der Waals surface area (Å²) in [4.78, 5) is 0. The third-order valence-corrected chi connectivity index (χ3v) is 2.21. The van der Waals surface area contributed by atoms with Crippen molar-refractivity contribution in [2.24, 2.45) is 5.92 Å². The molecule has 0 amide bonds. The van der Waals surface area contributed by atoms with Crippen LogP contribution < -0.4 is 0 Å². The number of rotatable bonds is 3. The molecule has 0 unspecified atom stereocenters. The third kappa shape index (κ3) is 1.96. The zero-order valence-electron chi connectivity index (χ0n) is 6.87. The van der Waals surface area contributed by atoms with Crippen LogP contribution in [-0.2, 0) is 0 Å². The Bertz CT molecular complexity index is 72.6. The van der Waals surface area contributed by atoms with E-state index in [1.54, 1.807) is 0 Å². The zero-order valence-corrected chi connectivity index (χ0v) is 6.87. The van der Waals surface area contributed by atoms with Crippen LogP contribution in [0.5, 0.6) is 0 Å². The van der Waals surface area contributed by atoms with Gasteiger partial charge < -0.3 is 0 Å². The van der Waals surface area contributed by atoms with Gasteiger partial charge in [0, 0.05) is 0 Å². The Morgan fingerprint density at radius 1 is 1.22 bits per heavy atom. The monoisotopic (exact) mass is 132 g/mol. The summed E-state index contributed by atoms with van der Waals surface area (Å²) >= 11 is 0. The first-order valence-electron chi connectivity index (χ1n) is 3.75. The fraction of sp³-hybridized carbons (Fsp3) is 1.00. The molecule has 0 rings (SSSR count). The highest BCUT2D eigenvalue weighted by atomic mass is 19.1. The lowest BCUT2D eigenvalue weighted by Crippen LogP contribution is -2.27. The van der Waals surface area contributed by atoms with Crippen molar-refractivity contribution in [3.63, 3.8) is 0 Å². The molecule has 9 heavy (non-hydrogen) atoms. The summed E-state index contributed by atoms with van der Waals surface area (Å²) in [5.74, 6) is 0.160. The van der Waals surface area contributed by atoms with Crippen LogP contribution in [0.2, 0.25) is 0 Å². The van der Waals surface area contributed by atoms with Crippen molar-refractivity contribution in [2.75, 3.05) is 0 Å². The largest absolute Gasteiger partial charge is 0.244 e. The van der Waals surface area contributed by atoms with Gasteiger partial charge in [-0.15, -0.1) is 0 Å². The predicted molar refractivity (Wildman–Crippen MR) is 39.3 cm³/mol. The Balaban J connectivity index is 3.92. The smallest absolute Gasteiger partial charge is 0.112 e. The van der Waals surface area contributed by atoms with Gasteiger partial charge in [0.2, 0.25) is 0 Å². The molecule has 0 nitrogen and oxygen atoms in total. The molecular weight excluding hydrogens is 115 g/mol. The van der Waals surface area contributed by atoms with Crippen LogP contribution in [0.3, 0.4) is 0 Å². The lowest BCUT2D eigenvalue weighted by atomic mass is 9.87. The van der Waals surface area contributed by atoms with E-state index >= 15 is 0 Å². The van der Waals surface area contributed by atoms with Crippen molar-refractivity contribution < 1.29 is 4.39 Å². The first-order chi connectivity index (χ1) is 4.06. The van der Waals surface area contributed by atoms with Crippen LogP contribution in [-0.4, -0.2) is 5.67 Å². The first kappa shape index (κ1) is 8.93. The van der Waals surface area contributed by atoms with Gasteiger partial charge in [0.05, 0.1) is 0 Å². The van der Waals surface area contributed by atoms with Crippen molar-refractivity contribution in [3.05, 3.63) is 0 Å². The molecular formula is C8H17F. The Hall–Kier alpha value is -0.0700. The minimum absolute atomic E-state index is 0.160. The maximum atomic E-state index is 13.4. The minimum Gasteiger partial charge on any atom is -0.244 e. The Labute approximate surface area is 57.5 Å². The molecule has 0 aliphatic heterocycles. The van der Waals surface area contributed by atoms with E-state index in [4.69, 9.17) is 0 Å². The molecule has 0 radical (unpaired) electrons. The van der Waals surface area contributed by atoms with Gasteiger partial charge in [0.1, 0.15) is 5.67 Å². The highest BCUT2D eigenvalue weighted by Crippen LogP contribution is 2.28. The molecule has 56 valence electrons. The van der Waals surface area contributed by atoms with E-state index in [9.17, 15) is 4.39 Å². The van der Waals surface area contributed by atoms with Gasteiger partial charge in [-0.3, -0.25) is 0 Å². The lowest BCUT2D eigenvalue weighted by molar-refractivity contribution is 0.0904. The number of hydrogen-bond acceptors (Lipinski definition) is 0. The second-order valence-corrected chi connectivity index (χ2v) is 2.90. The van der Waals surface area contributed by atoms with Crippen molar-refractivity contribution in [1.29, 1.82) is 0 Å². The molecule has 0 aromatic carbocycles. The number of hydrogen-bond donors (Lipinski definition) is 0. The highest BCUT2D eigenvalue weighted by molar-refractivity contribution is 4.78. The molecule has 0 aromatic heterocycles. The van der Waals surface area contributed by atoms with Gasteiger partial charge in [-0.25, -0.2) is 4.39 Å². The van der Waals surface area contributed by atoms with Crippen LogP contribution in [0.1, 0.15) is 40.5 Å². The molecule has 0 atom stereocenters. The standard InChI is InChI=1S/C8H17F/c1-5-8(9,6-2)7(3)4/h7H,5-6H2,1-4H3. The summed E-state index contributed by atoms with van der Waals surface area (Å²) in [6.45, 7) is 7.69. The molecule has 0 saturated heterocycles. The molecule has 0 aromatic rings. The average molecular weight is 132 g/mol. The molecule has 0 aliphatic carbocycles. The molecule has 0 fully saturated rings. The Morgan fingerprint density at radius 2 is 1.56 bits per heavy atom. The topological polar surface area (TPSA) is 0 Å². The minimum atomic E-state index is -0.917. The van der Waals surface area contributed by atoms with Gasteiger partial charge in [-0.05, 0) is 18.8 Å². The second-order valence-electron chi connectivity index (χ2n) is 2.90. The summed E-state index contributed by atoms with van der Waals surface area (Å²) in [5, 5.41) is 0. The van der Waals surface area contributed by atoms with Crippen molar-refractivity contribution >= 4 is 0 Å². The predicted octanol–water partition coefficient (Wildman–Crippen LogP) is 3.17. The van der Waals surface area contributed by atoms with E-state index in [2.05, 4.69) is 0 Å². The van der Waals surface area contributed by atoms with Gasteiger partial charge in [-0.1, -0.05) is 27.7 Å². The van der Waals surface area contributed by atoms with E-state index in [-0.39, 0.29) is 5.92 Å². The summed E-state index contributed by atoms with van der Waals surface area (Å²) in [6, 6.07) is 0. The van der Waals surface area contributed by atoms with E-state index in [1.807, 2.05) is 27.7 Å². The van der Waals surface area contributed by atoms with Gasteiger partial charge >= 0.3 is 0 Å². The highest BCUT2D eigenvalue weighted by Gasteiger charge is 2.28. The third-order valence-electron chi connectivity index (χ3n) is 2.21. The van der Waals surface area contributed by atoms with Crippen molar-refractivity contribution in [2.45, 2.75) is 46.2 Å². The van der Waals surface area contributed by atoms with E-state index in [0.717, 1.165) is 0 Å². The first-order valence-corrected chi connectivity index (χ1v) is 3.75. The number of halogens is 1. The van der Waals surface area contributed by atoms with Gasteiger partial charge in [0.15, 0.2) is 0 Å². The summed E-state index contributed by atoms with van der Waals surface area (Å²) in [7, 11) is 0. The second kappa shape index (κ2) is 3.19. The average Bonchev–Trinajstić information content (AvgIpc) is 1.86. The Kier molecular flexibility index (Phi) is 3.16. The van der Waals surface area contributed by atoms with Crippen LogP contribution in [0.25, 0.3) is 0 Å². The molecule has 0 spiro atoms. The van der Waals surface area contributed by atoms with Gasteiger partial charge in [-0.2, -0.15) is 0 Å². The van der Waals surface area contributed by atoms with Crippen LogP contribution in [0, 0.1) is 5.92 Å². The van der Waals surface area contributed by atoms with Crippen LogP contribution >= 0.6 is 0 Å². The van der Waals surface area contributed by atoms with E-state index in [0.29, 0.717) is 12.8 Å². The maximum Gasteiger partial charge on any atom is 0.112 e. The van der Waals surface area contributed by atoms with Crippen molar-refractivity contribution in [3.8, 4) is 0 Å². The van der Waals surface area contributed by atoms with Crippen LogP contribution in [0.15, 0.2) is 0 Å². The molecule has 0 heterocycles. The lowest BCUT2D eigenvalue weighted by Gasteiger charge is -2.26. The fourth-order valence-electron chi connectivity index (χ4n) is 1.07. The SMILES string of the molecule is CCC(F)(CC)C(C)C. The zero-order chi connectivity index (χ0) is 7.49. The van der Waals surface area contributed by atoms with E-state index in [1.165, 1.54) is 0 Å².